The molecule has 3 amide bonds. The number of ether oxygens (including phenoxy) is 1. The van der Waals surface area contributed by atoms with E-state index in [9.17, 15) is 19.2 Å². The van der Waals surface area contributed by atoms with Crippen LogP contribution in [0.5, 0.6) is 0 Å². The minimum atomic E-state index is -0.502. The Morgan fingerprint density at radius 2 is 1.60 bits per heavy atom. The minimum Gasteiger partial charge on any atom is -0.459 e. The van der Waals surface area contributed by atoms with Crippen molar-refractivity contribution in [2.24, 2.45) is 0 Å². The van der Waals surface area contributed by atoms with Gasteiger partial charge in [-0.15, -0.1) is 0 Å². The van der Waals surface area contributed by atoms with Crippen molar-refractivity contribution in [1.82, 2.24) is 10.2 Å². The molecule has 154 valence electrons. The number of hydrogen-bond acceptors (Lipinski definition) is 6. The first kappa shape index (κ1) is 20.2. The number of hydrogen-bond donors (Lipinski definition) is 1. The number of thioether (sulfide) groups is 1. The van der Waals surface area contributed by atoms with Gasteiger partial charge in [0.15, 0.2) is 0 Å². The molecule has 7 nitrogen and oxygen atoms in total. The standard InChI is InChI=1S/C22H20N2O5S/c25-19(10-11-24-21(27)15-8-4-5-9-16(15)22(24)28)29-18-13-30-12-17(18)23-20(26)14-6-2-1-3-7-14/h1-9,17-18H,10-13H2,(H,23,26)/t17-,18-/m1/s1. The third-order valence-electron chi connectivity index (χ3n) is 5.08. The van der Waals surface area contributed by atoms with E-state index in [4.69, 9.17) is 4.74 Å². The number of nitrogens with one attached hydrogen (secondary N) is 1. The lowest BCUT2D eigenvalue weighted by Crippen LogP contribution is -2.44. The van der Waals surface area contributed by atoms with Crippen molar-refractivity contribution >= 4 is 35.5 Å². The first-order valence-corrected chi connectivity index (χ1v) is 10.8. The van der Waals surface area contributed by atoms with Crippen LogP contribution in [0.4, 0.5) is 0 Å². The lowest BCUT2D eigenvalue weighted by Gasteiger charge is -2.21. The van der Waals surface area contributed by atoms with Crippen LogP contribution >= 0.6 is 11.8 Å². The molecule has 2 aromatic rings. The van der Waals surface area contributed by atoms with Gasteiger partial charge < -0.3 is 10.1 Å². The predicted octanol–water partition coefficient (Wildman–Crippen LogP) is 2.13. The Bertz CT molecular complexity index is 959. The van der Waals surface area contributed by atoms with Crippen LogP contribution in [0.1, 0.15) is 37.5 Å². The SMILES string of the molecule is O=C(CCN1C(=O)c2ccccc2C1=O)O[C@@H]1CSC[C@H]1NC(=O)c1ccccc1. The maximum atomic E-state index is 12.4. The van der Waals surface area contributed by atoms with E-state index in [0.29, 0.717) is 28.2 Å². The zero-order valence-corrected chi connectivity index (χ0v) is 16.9. The Hall–Kier alpha value is -3.13. The molecule has 1 saturated heterocycles. The number of esters is 1. The summed E-state index contributed by atoms with van der Waals surface area (Å²) in [7, 11) is 0. The molecule has 1 fully saturated rings. The molecule has 0 aromatic heterocycles. The van der Waals surface area contributed by atoms with E-state index >= 15 is 0 Å². The molecule has 0 saturated carbocycles. The van der Waals surface area contributed by atoms with Crippen molar-refractivity contribution in [3.8, 4) is 0 Å². The zero-order chi connectivity index (χ0) is 21.1. The maximum absolute atomic E-state index is 12.4. The summed E-state index contributed by atoms with van der Waals surface area (Å²) in [4.78, 5) is 50.5. The highest BCUT2D eigenvalue weighted by Crippen LogP contribution is 2.24. The highest BCUT2D eigenvalue weighted by Gasteiger charge is 2.36. The van der Waals surface area contributed by atoms with E-state index in [-0.39, 0.29) is 24.9 Å². The fourth-order valence-electron chi connectivity index (χ4n) is 3.50. The van der Waals surface area contributed by atoms with Gasteiger partial charge >= 0.3 is 5.97 Å². The molecular formula is C22H20N2O5S. The zero-order valence-electron chi connectivity index (χ0n) is 16.1. The number of benzene rings is 2. The number of rotatable bonds is 6. The van der Waals surface area contributed by atoms with Crippen LogP contribution in [-0.2, 0) is 9.53 Å². The van der Waals surface area contributed by atoms with Crippen molar-refractivity contribution in [1.29, 1.82) is 0 Å². The lowest BCUT2D eigenvalue weighted by molar-refractivity contribution is -0.148. The first-order chi connectivity index (χ1) is 14.5. The molecule has 2 aromatic carbocycles. The first-order valence-electron chi connectivity index (χ1n) is 9.63. The Labute approximate surface area is 177 Å². The van der Waals surface area contributed by atoms with Gasteiger partial charge in [-0.2, -0.15) is 11.8 Å². The number of amides is 3. The van der Waals surface area contributed by atoms with Crippen LogP contribution in [0.3, 0.4) is 0 Å². The molecule has 0 unspecified atom stereocenters. The molecule has 8 heteroatoms. The largest absolute Gasteiger partial charge is 0.459 e. The quantitative estimate of drug-likeness (QED) is 0.564. The molecule has 0 spiro atoms. The van der Waals surface area contributed by atoms with Gasteiger partial charge in [0.1, 0.15) is 6.10 Å². The molecule has 0 radical (unpaired) electrons. The van der Waals surface area contributed by atoms with E-state index in [2.05, 4.69) is 5.32 Å². The Balaban J connectivity index is 1.30. The highest BCUT2D eigenvalue weighted by molar-refractivity contribution is 7.99. The average Bonchev–Trinajstić information content (AvgIpc) is 3.29. The summed E-state index contributed by atoms with van der Waals surface area (Å²) < 4.78 is 5.54. The summed E-state index contributed by atoms with van der Waals surface area (Å²) in [6.07, 6.45) is -0.538. The van der Waals surface area contributed by atoms with Gasteiger partial charge in [0.25, 0.3) is 17.7 Å². The Morgan fingerprint density at radius 1 is 0.967 bits per heavy atom. The second kappa shape index (κ2) is 8.71. The smallest absolute Gasteiger partial charge is 0.307 e. The molecule has 2 atom stereocenters. The summed E-state index contributed by atoms with van der Waals surface area (Å²) in [6.45, 7) is -0.0356. The van der Waals surface area contributed by atoms with Crippen LogP contribution in [0, 0.1) is 0 Å². The summed E-state index contributed by atoms with van der Waals surface area (Å²) in [5.41, 5.74) is 1.25. The van der Waals surface area contributed by atoms with Gasteiger partial charge in [-0.3, -0.25) is 24.1 Å². The van der Waals surface area contributed by atoms with Crippen LogP contribution in [-0.4, -0.2) is 58.8 Å². The van der Waals surface area contributed by atoms with E-state index in [1.807, 2.05) is 6.07 Å². The van der Waals surface area contributed by atoms with Crippen molar-refractivity contribution in [3.05, 3.63) is 71.3 Å². The fraction of sp³-hybridized carbons (Fsp3) is 0.273. The van der Waals surface area contributed by atoms with E-state index in [1.165, 1.54) is 0 Å². The van der Waals surface area contributed by atoms with Gasteiger partial charge in [0.05, 0.1) is 23.6 Å². The number of carbonyl (C=O) groups is 4. The van der Waals surface area contributed by atoms with Crippen LogP contribution in [0.25, 0.3) is 0 Å². The molecule has 4 rings (SSSR count). The Morgan fingerprint density at radius 3 is 2.27 bits per heavy atom. The van der Waals surface area contributed by atoms with Gasteiger partial charge in [0, 0.05) is 23.6 Å². The van der Waals surface area contributed by atoms with E-state index in [1.54, 1.807) is 60.3 Å². The van der Waals surface area contributed by atoms with Gasteiger partial charge in [-0.1, -0.05) is 30.3 Å². The van der Waals surface area contributed by atoms with Crippen molar-refractivity contribution in [2.45, 2.75) is 18.6 Å². The number of imide groups is 1. The number of nitrogens with zero attached hydrogens (tertiary/aromatic N) is 1. The summed E-state index contributed by atoms with van der Waals surface area (Å²) >= 11 is 1.59. The van der Waals surface area contributed by atoms with Gasteiger partial charge in [0.2, 0.25) is 0 Å². The highest BCUT2D eigenvalue weighted by atomic mass is 32.2. The number of fused-ring (bicyclic) bond motifs is 1. The third kappa shape index (κ3) is 4.09. The summed E-state index contributed by atoms with van der Waals surface area (Å²) in [6, 6.07) is 15.2. The topological polar surface area (TPSA) is 92.8 Å². The van der Waals surface area contributed by atoms with Gasteiger partial charge in [-0.25, -0.2) is 0 Å². The monoisotopic (exact) mass is 424 g/mol. The lowest BCUT2D eigenvalue weighted by atomic mass is 10.1. The maximum Gasteiger partial charge on any atom is 0.307 e. The molecule has 0 bridgehead atoms. The van der Waals surface area contributed by atoms with E-state index < -0.39 is 23.9 Å². The molecule has 2 aliphatic heterocycles. The minimum absolute atomic E-state index is 0.0356. The summed E-state index contributed by atoms with van der Waals surface area (Å²) in [5.74, 6) is -0.276. The van der Waals surface area contributed by atoms with Gasteiger partial charge in [-0.05, 0) is 24.3 Å². The normalized spacial score (nSPS) is 20.2. The second-order valence-electron chi connectivity index (χ2n) is 7.07. The van der Waals surface area contributed by atoms with Crippen LogP contribution in [0.2, 0.25) is 0 Å². The molecular weight excluding hydrogens is 404 g/mol. The fourth-order valence-corrected chi connectivity index (χ4v) is 4.72. The molecule has 30 heavy (non-hydrogen) atoms. The van der Waals surface area contributed by atoms with Crippen LogP contribution < -0.4 is 5.32 Å². The third-order valence-corrected chi connectivity index (χ3v) is 6.24. The summed E-state index contributed by atoms with van der Waals surface area (Å²) in [5, 5.41) is 2.92. The molecule has 2 heterocycles. The average molecular weight is 424 g/mol. The van der Waals surface area contributed by atoms with Crippen molar-refractivity contribution in [3.63, 3.8) is 0 Å². The predicted molar refractivity (Wildman–Crippen MR) is 111 cm³/mol. The Kier molecular flexibility index (Phi) is 5.85. The molecule has 0 aliphatic carbocycles. The molecule has 2 aliphatic rings. The van der Waals surface area contributed by atoms with Crippen LogP contribution in [0.15, 0.2) is 54.6 Å². The number of carbonyl (C=O) groups excluding carboxylic acids is 4. The second-order valence-corrected chi connectivity index (χ2v) is 8.14. The molecule has 1 N–H and O–H groups in total. The van der Waals surface area contributed by atoms with Crippen molar-refractivity contribution in [2.75, 3.05) is 18.1 Å². The van der Waals surface area contributed by atoms with Crippen molar-refractivity contribution < 1.29 is 23.9 Å². The van der Waals surface area contributed by atoms with E-state index in [0.717, 1.165) is 4.90 Å².